The Kier molecular flexibility index (Phi) is 9.17. The molecule has 2 amide bonds. The lowest BCUT2D eigenvalue weighted by Gasteiger charge is -2.28. The van der Waals surface area contributed by atoms with Crippen molar-refractivity contribution in [3.63, 3.8) is 0 Å². The number of aliphatic hydroxyl groups excluding tert-OH is 1. The molecule has 0 spiro atoms. The number of hydrogen-bond donors (Lipinski definition) is 3. The van der Waals surface area contributed by atoms with E-state index < -0.39 is 6.09 Å². The highest BCUT2D eigenvalue weighted by atomic mass is 35.5. The number of aliphatic hydroxyl groups is 1. The lowest BCUT2D eigenvalue weighted by molar-refractivity contribution is -0.116. The highest BCUT2D eigenvalue weighted by molar-refractivity contribution is 6.31. The summed E-state index contributed by atoms with van der Waals surface area (Å²) in [6.07, 6.45) is 1.92. The minimum atomic E-state index is -0.454. The number of anilines is 2. The third-order valence-electron chi connectivity index (χ3n) is 6.49. The van der Waals surface area contributed by atoms with Crippen LogP contribution in [0.15, 0.2) is 66.7 Å². The molecule has 1 fully saturated rings. The molecule has 37 heavy (non-hydrogen) atoms. The van der Waals surface area contributed by atoms with E-state index in [1.54, 1.807) is 18.2 Å². The summed E-state index contributed by atoms with van der Waals surface area (Å²) in [5.74, 6) is -0.141. The van der Waals surface area contributed by atoms with Crippen LogP contribution in [0.4, 0.5) is 16.2 Å². The summed E-state index contributed by atoms with van der Waals surface area (Å²) < 4.78 is 5.67. The number of amides is 2. The van der Waals surface area contributed by atoms with Gasteiger partial charge in [0, 0.05) is 35.8 Å². The molecule has 0 unspecified atom stereocenters. The molecular weight excluding hydrogens is 490 g/mol. The Labute approximate surface area is 222 Å². The zero-order valence-corrected chi connectivity index (χ0v) is 21.6. The van der Waals surface area contributed by atoms with Gasteiger partial charge in [-0.15, -0.1) is 0 Å². The van der Waals surface area contributed by atoms with Crippen LogP contribution in [0.25, 0.3) is 11.1 Å². The number of carbonyl (C=O) groups is 2. The van der Waals surface area contributed by atoms with Crippen LogP contribution < -0.4 is 10.6 Å². The van der Waals surface area contributed by atoms with Gasteiger partial charge in [-0.3, -0.25) is 10.1 Å². The van der Waals surface area contributed by atoms with Gasteiger partial charge in [-0.1, -0.05) is 54.1 Å². The molecule has 4 rings (SSSR count). The summed E-state index contributed by atoms with van der Waals surface area (Å²) >= 11 is 6.12. The van der Waals surface area contributed by atoms with Gasteiger partial charge in [-0.05, 0) is 67.3 Å². The number of benzene rings is 3. The van der Waals surface area contributed by atoms with Crippen molar-refractivity contribution in [2.45, 2.75) is 38.4 Å². The number of rotatable bonds is 8. The second-order valence-electron chi connectivity index (χ2n) is 9.29. The van der Waals surface area contributed by atoms with Gasteiger partial charge in [0.05, 0.1) is 12.3 Å². The first-order valence-corrected chi connectivity index (χ1v) is 12.8. The zero-order valence-electron chi connectivity index (χ0n) is 20.9. The Hall–Kier alpha value is -3.39. The maximum atomic E-state index is 12.7. The molecule has 1 aliphatic rings. The highest BCUT2D eigenvalue weighted by Gasteiger charge is 2.21. The Morgan fingerprint density at radius 1 is 1.03 bits per heavy atom. The third-order valence-corrected chi connectivity index (χ3v) is 6.84. The molecule has 1 saturated heterocycles. The first-order chi connectivity index (χ1) is 17.9. The second kappa shape index (κ2) is 12.7. The van der Waals surface area contributed by atoms with E-state index in [1.807, 2.05) is 48.5 Å². The average molecular weight is 522 g/mol. The smallest absolute Gasteiger partial charge is 0.411 e. The molecule has 0 bridgehead atoms. The Morgan fingerprint density at radius 2 is 1.78 bits per heavy atom. The van der Waals surface area contributed by atoms with Crippen LogP contribution in [-0.2, 0) is 22.6 Å². The van der Waals surface area contributed by atoms with Crippen molar-refractivity contribution in [2.24, 2.45) is 0 Å². The van der Waals surface area contributed by atoms with Crippen molar-refractivity contribution in [3.8, 4) is 11.1 Å². The molecule has 194 valence electrons. The molecule has 1 aliphatic heterocycles. The van der Waals surface area contributed by atoms with Crippen LogP contribution in [0.5, 0.6) is 0 Å². The average Bonchev–Trinajstić information content (AvgIpc) is 2.90. The van der Waals surface area contributed by atoms with Crippen molar-refractivity contribution in [2.75, 3.05) is 30.8 Å². The lowest BCUT2D eigenvalue weighted by atomic mass is 9.99. The lowest BCUT2D eigenvalue weighted by Crippen LogP contribution is -2.36. The van der Waals surface area contributed by atoms with E-state index in [0.717, 1.165) is 42.6 Å². The van der Waals surface area contributed by atoms with E-state index in [9.17, 15) is 14.7 Å². The quantitative estimate of drug-likeness (QED) is 0.353. The van der Waals surface area contributed by atoms with E-state index in [0.29, 0.717) is 28.4 Å². The van der Waals surface area contributed by atoms with Gasteiger partial charge < -0.3 is 20.1 Å². The molecule has 0 saturated carbocycles. The number of hydrogen-bond acceptors (Lipinski definition) is 5. The molecule has 3 aromatic rings. The van der Waals surface area contributed by atoms with E-state index in [4.69, 9.17) is 16.3 Å². The summed E-state index contributed by atoms with van der Waals surface area (Å²) in [6.45, 7) is 1.67. The van der Waals surface area contributed by atoms with Crippen molar-refractivity contribution in [3.05, 3.63) is 82.9 Å². The van der Waals surface area contributed by atoms with E-state index in [2.05, 4.69) is 22.6 Å². The number of carbonyl (C=O) groups excluding carboxylic acids is 2. The molecule has 8 heteroatoms. The molecule has 0 atom stereocenters. The summed E-state index contributed by atoms with van der Waals surface area (Å²) in [5.41, 5.74) is 4.65. The summed E-state index contributed by atoms with van der Waals surface area (Å²) in [6, 6.07) is 20.6. The molecule has 7 nitrogen and oxygen atoms in total. The van der Waals surface area contributed by atoms with E-state index in [1.165, 1.54) is 0 Å². The second-order valence-corrected chi connectivity index (χ2v) is 9.70. The summed E-state index contributed by atoms with van der Waals surface area (Å²) in [7, 11) is 2.07. The number of nitrogens with one attached hydrogen (secondary N) is 2. The first kappa shape index (κ1) is 26.7. The first-order valence-electron chi connectivity index (χ1n) is 12.4. The third kappa shape index (κ3) is 7.55. The summed E-state index contributed by atoms with van der Waals surface area (Å²) in [4.78, 5) is 27.4. The zero-order chi connectivity index (χ0) is 26.2. The number of piperidine rings is 1. The predicted octanol–water partition coefficient (Wildman–Crippen LogP) is 5.71. The normalized spacial score (nSPS) is 14.2. The minimum absolute atomic E-state index is 0.0797. The van der Waals surface area contributed by atoms with Gasteiger partial charge in [0.2, 0.25) is 5.91 Å². The highest BCUT2D eigenvalue weighted by Crippen LogP contribution is 2.30. The molecule has 0 aliphatic carbocycles. The van der Waals surface area contributed by atoms with Crippen LogP contribution >= 0.6 is 11.6 Å². The fraction of sp³-hybridized carbons (Fsp3) is 0.310. The SMILES string of the molecule is CN1CCC(OC(=O)Nc2ccc(CCC(=O)Nc3ccc(CO)c(Cl)c3)cc2-c2ccccc2)CC1. The predicted molar refractivity (Wildman–Crippen MR) is 147 cm³/mol. The Morgan fingerprint density at radius 3 is 2.49 bits per heavy atom. The van der Waals surface area contributed by atoms with Gasteiger partial charge in [-0.25, -0.2) is 4.79 Å². The van der Waals surface area contributed by atoms with E-state index >= 15 is 0 Å². The molecule has 3 aromatic carbocycles. The van der Waals surface area contributed by atoms with Crippen LogP contribution in [-0.4, -0.2) is 48.2 Å². The number of nitrogens with zero attached hydrogens (tertiary/aromatic N) is 1. The van der Waals surface area contributed by atoms with Gasteiger partial charge in [0.15, 0.2) is 0 Å². The maximum absolute atomic E-state index is 12.7. The van der Waals surface area contributed by atoms with Crippen molar-refractivity contribution >= 4 is 35.0 Å². The fourth-order valence-corrected chi connectivity index (χ4v) is 4.58. The molecule has 3 N–H and O–H groups in total. The molecule has 0 aromatic heterocycles. The standard InChI is InChI=1S/C29H32ClN3O4/c1-33-15-13-24(14-16-33)37-29(36)32-27-11-7-20(17-25(27)21-5-3-2-4-6-21)8-12-28(35)31-23-10-9-22(19-34)26(30)18-23/h2-7,9-11,17-18,24,34H,8,12-16,19H2,1H3,(H,31,35)(H,32,36). The monoisotopic (exact) mass is 521 g/mol. The van der Waals surface area contributed by atoms with Gasteiger partial charge in [-0.2, -0.15) is 0 Å². The molecule has 0 radical (unpaired) electrons. The van der Waals surface area contributed by atoms with Crippen LogP contribution in [0, 0.1) is 0 Å². The minimum Gasteiger partial charge on any atom is -0.446 e. The van der Waals surface area contributed by atoms with Gasteiger partial charge in [0.25, 0.3) is 0 Å². The number of aryl methyl sites for hydroxylation is 1. The Bertz CT molecular complexity index is 1230. The number of halogens is 1. The van der Waals surface area contributed by atoms with Crippen molar-refractivity contribution in [1.29, 1.82) is 0 Å². The largest absolute Gasteiger partial charge is 0.446 e. The van der Waals surface area contributed by atoms with Crippen LogP contribution in [0.2, 0.25) is 5.02 Å². The Balaban J connectivity index is 1.42. The summed E-state index contributed by atoms with van der Waals surface area (Å²) in [5, 5.41) is 15.4. The van der Waals surface area contributed by atoms with Crippen LogP contribution in [0.1, 0.15) is 30.4 Å². The molecule has 1 heterocycles. The van der Waals surface area contributed by atoms with Gasteiger partial charge in [0.1, 0.15) is 6.10 Å². The maximum Gasteiger partial charge on any atom is 0.411 e. The van der Waals surface area contributed by atoms with E-state index in [-0.39, 0.29) is 25.0 Å². The number of likely N-dealkylation sites (tertiary alicyclic amines) is 1. The number of ether oxygens (including phenoxy) is 1. The van der Waals surface area contributed by atoms with Crippen molar-refractivity contribution < 1.29 is 19.4 Å². The van der Waals surface area contributed by atoms with Crippen molar-refractivity contribution in [1.82, 2.24) is 4.90 Å². The fourth-order valence-electron chi connectivity index (χ4n) is 4.34. The topological polar surface area (TPSA) is 90.9 Å². The molecular formula is C29H32ClN3O4. The van der Waals surface area contributed by atoms with Crippen LogP contribution in [0.3, 0.4) is 0 Å². The van der Waals surface area contributed by atoms with Gasteiger partial charge >= 0.3 is 6.09 Å².